The Balaban J connectivity index is 1.73. The zero-order chi connectivity index (χ0) is 29.7. The van der Waals surface area contributed by atoms with Crippen LogP contribution in [0, 0.1) is 0 Å². The van der Waals surface area contributed by atoms with Gasteiger partial charge in [0.1, 0.15) is 17.0 Å². The van der Waals surface area contributed by atoms with E-state index >= 15 is 0 Å². The number of tetrazole rings is 1. The molecule has 2 heterocycles. The topological polar surface area (TPSA) is 130 Å². The third kappa shape index (κ3) is 9.82. The van der Waals surface area contributed by atoms with Gasteiger partial charge >= 0.3 is 18.2 Å². The van der Waals surface area contributed by atoms with Crippen LogP contribution >= 0.6 is 0 Å². The molecule has 0 aliphatic heterocycles. The number of nitrogens with zero attached hydrogens (tertiary/aromatic N) is 5. The summed E-state index contributed by atoms with van der Waals surface area (Å²) in [5.74, 6) is -0.0646. The van der Waals surface area contributed by atoms with Gasteiger partial charge in [0.25, 0.3) is 0 Å². The fourth-order valence-corrected chi connectivity index (χ4v) is 3.28. The summed E-state index contributed by atoms with van der Waals surface area (Å²) in [6.07, 6.45) is -4.71. The van der Waals surface area contributed by atoms with E-state index < -0.39 is 41.0 Å². The number of nitrogens with one attached hydrogen (secondary N) is 1. The van der Waals surface area contributed by atoms with Crippen molar-refractivity contribution in [3.05, 3.63) is 48.2 Å². The number of amides is 1. The molecule has 0 radical (unpaired) electrons. The van der Waals surface area contributed by atoms with Crippen molar-refractivity contribution >= 4 is 12.1 Å². The van der Waals surface area contributed by atoms with Gasteiger partial charge in [-0.3, -0.25) is 4.79 Å². The molecular weight excluding hydrogens is 533 g/mol. The standard InChI is InChI=1S/C26H31F3N6O5/c1-24(2,3)39-21(36)13-18(31-23(37)40-25(4,5)6)15-35-33-22(32-34-35)16-8-7-9-19(12-16)38-20-11-10-17(14-30-20)26(27,28)29/h7-12,14,18H,13,15H2,1-6H3,(H,31,37). The van der Waals surface area contributed by atoms with Crippen molar-refractivity contribution in [3.8, 4) is 23.0 Å². The predicted octanol–water partition coefficient (Wildman–Crippen LogP) is 5.17. The number of esters is 1. The molecule has 14 heteroatoms. The van der Waals surface area contributed by atoms with Crippen LogP contribution in [0.2, 0.25) is 0 Å². The Kier molecular flexibility index (Phi) is 9.00. The smallest absolute Gasteiger partial charge is 0.417 e. The van der Waals surface area contributed by atoms with Crippen molar-refractivity contribution in [2.45, 2.75) is 77.9 Å². The highest BCUT2D eigenvalue weighted by Crippen LogP contribution is 2.30. The zero-order valence-electron chi connectivity index (χ0n) is 22.9. The van der Waals surface area contributed by atoms with E-state index in [1.54, 1.807) is 65.8 Å². The normalized spacial score (nSPS) is 12.9. The van der Waals surface area contributed by atoms with Crippen LogP contribution in [0.25, 0.3) is 11.4 Å². The van der Waals surface area contributed by atoms with Gasteiger partial charge in [0, 0.05) is 17.8 Å². The quantitative estimate of drug-likeness (QED) is 0.368. The van der Waals surface area contributed by atoms with Gasteiger partial charge in [-0.05, 0) is 65.0 Å². The number of ether oxygens (including phenoxy) is 3. The number of pyridine rings is 1. The van der Waals surface area contributed by atoms with Gasteiger partial charge in [0.05, 0.1) is 24.6 Å². The summed E-state index contributed by atoms with van der Waals surface area (Å²) in [4.78, 5) is 29.7. The van der Waals surface area contributed by atoms with E-state index in [4.69, 9.17) is 14.2 Å². The van der Waals surface area contributed by atoms with Crippen molar-refractivity contribution in [2.24, 2.45) is 0 Å². The minimum Gasteiger partial charge on any atom is -0.460 e. The van der Waals surface area contributed by atoms with Crippen LogP contribution in [-0.2, 0) is 27.0 Å². The van der Waals surface area contributed by atoms with Gasteiger partial charge in [-0.1, -0.05) is 12.1 Å². The molecule has 0 spiro atoms. The Labute approximate surface area is 229 Å². The van der Waals surface area contributed by atoms with Crippen molar-refractivity contribution < 1.29 is 37.0 Å². The third-order valence-corrected chi connectivity index (χ3v) is 4.77. The van der Waals surface area contributed by atoms with Gasteiger partial charge in [0.2, 0.25) is 11.7 Å². The average molecular weight is 565 g/mol. The highest BCUT2D eigenvalue weighted by Gasteiger charge is 2.31. The van der Waals surface area contributed by atoms with Crippen LogP contribution < -0.4 is 10.1 Å². The van der Waals surface area contributed by atoms with E-state index in [1.807, 2.05) is 0 Å². The molecule has 1 N–H and O–H groups in total. The average Bonchev–Trinajstić information content (AvgIpc) is 3.25. The minimum atomic E-state index is -4.50. The molecule has 1 atom stereocenters. The summed E-state index contributed by atoms with van der Waals surface area (Å²) < 4.78 is 54.6. The lowest BCUT2D eigenvalue weighted by atomic mass is 10.1. The number of carbonyl (C=O) groups excluding carboxylic acids is 2. The van der Waals surface area contributed by atoms with E-state index in [9.17, 15) is 22.8 Å². The second kappa shape index (κ2) is 11.9. The van der Waals surface area contributed by atoms with Gasteiger partial charge < -0.3 is 19.5 Å². The monoisotopic (exact) mass is 564 g/mol. The molecule has 1 amide bonds. The van der Waals surface area contributed by atoms with Crippen LogP contribution in [-0.4, -0.2) is 54.5 Å². The van der Waals surface area contributed by atoms with Crippen molar-refractivity contribution in [1.29, 1.82) is 0 Å². The molecule has 0 aliphatic rings. The molecule has 2 aromatic heterocycles. The third-order valence-electron chi connectivity index (χ3n) is 4.77. The zero-order valence-corrected chi connectivity index (χ0v) is 22.9. The number of carbonyl (C=O) groups is 2. The molecule has 0 saturated carbocycles. The molecule has 0 fully saturated rings. The number of halogens is 3. The molecule has 216 valence electrons. The highest BCUT2D eigenvalue weighted by atomic mass is 19.4. The van der Waals surface area contributed by atoms with Crippen LogP contribution in [0.3, 0.4) is 0 Å². The molecule has 1 aromatic carbocycles. The summed E-state index contributed by atoms with van der Waals surface area (Å²) in [5, 5.41) is 15.0. The van der Waals surface area contributed by atoms with Crippen LogP contribution in [0.5, 0.6) is 11.6 Å². The predicted molar refractivity (Wildman–Crippen MR) is 136 cm³/mol. The number of alkyl carbamates (subject to hydrolysis) is 1. The fraction of sp³-hybridized carbons (Fsp3) is 0.462. The van der Waals surface area contributed by atoms with Crippen molar-refractivity contribution in [3.63, 3.8) is 0 Å². The Morgan fingerprint density at radius 1 is 1.00 bits per heavy atom. The van der Waals surface area contributed by atoms with E-state index in [-0.39, 0.29) is 30.4 Å². The molecule has 3 rings (SSSR count). The molecule has 40 heavy (non-hydrogen) atoms. The van der Waals surface area contributed by atoms with E-state index in [0.29, 0.717) is 11.8 Å². The summed E-state index contributed by atoms with van der Waals surface area (Å²) in [5.41, 5.74) is -1.85. The number of rotatable bonds is 8. The molecule has 0 aliphatic carbocycles. The summed E-state index contributed by atoms with van der Waals surface area (Å²) >= 11 is 0. The number of hydrogen-bond donors (Lipinski definition) is 1. The number of alkyl halides is 3. The van der Waals surface area contributed by atoms with Crippen LogP contribution in [0.15, 0.2) is 42.6 Å². The molecular formula is C26H31F3N6O5. The first-order chi connectivity index (χ1) is 18.5. The van der Waals surface area contributed by atoms with Gasteiger partial charge in [-0.2, -0.15) is 18.0 Å². The Morgan fingerprint density at radius 3 is 2.30 bits per heavy atom. The maximum atomic E-state index is 12.8. The summed E-state index contributed by atoms with van der Waals surface area (Å²) in [7, 11) is 0. The van der Waals surface area contributed by atoms with Gasteiger partial charge in [-0.25, -0.2) is 9.78 Å². The fourth-order valence-electron chi connectivity index (χ4n) is 3.28. The second-order valence-corrected chi connectivity index (χ2v) is 10.8. The number of aromatic nitrogens is 5. The summed E-state index contributed by atoms with van der Waals surface area (Å²) in [6.45, 7) is 10.3. The molecule has 0 saturated heterocycles. The molecule has 0 bridgehead atoms. The molecule has 3 aromatic rings. The largest absolute Gasteiger partial charge is 0.460 e. The van der Waals surface area contributed by atoms with Gasteiger partial charge in [0.15, 0.2) is 0 Å². The van der Waals surface area contributed by atoms with E-state index in [0.717, 1.165) is 12.1 Å². The maximum absolute atomic E-state index is 12.8. The van der Waals surface area contributed by atoms with Gasteiger partial charge in [-0.15, -0.1) is 10.2 Å². The lowest BCUT2D eigenvalue weighted by molar-refractivity contribution is -0.155. The lowest BCUT2D eigenvalue weighted by Crippen LogP contribution is -2.43. The Hall–Kier alpha value is -4.23. The first-order valence-electron chi connectivity index (χ1n) is 12.3. The highest BCUT2D eigenvalue weighted by molar-refractivity contribution is 5.73. The maximum Gasteiger partial charge on any atom is 0.417 e. The first-order valence-corrected chi connectivity index (χ1v) is 12.3. The Morgan fingerprint density at radius 2 is 1.70 bits per heavy atom. The lowest BCUT2D eigenvalue weighted by Gasteiger charge is -2.24. The molecule has 11 nitrogen and oxygen atoms in total. The first kappa shape index (κ1) is 30.3. The number of benzene rings is 1. The SMILES string of the molecule is CC(C)(C)OC(=O)CC(Cn1nnc(-c2cccc(Oc3ccc(C(F)(F)F)cn3)c2)n1)NC(=O)OC(C)(C)C. The van der Waals surface area contributed by atoms with E-state index in [1.165, 1.54) is 4.80 Å². The van der Waals surface area contributed by atoms with E-state index in [2.05, 4.69) is 25.7 Å². The molecule has 1 unspecified atom stereocenters. The Bertz CT molecular complexity index is 1280. The second-order valence-electron chi connectivity index (χ2n) is 10.8. The van der Waals surface area contributed by atoms with Crippen molar-refractivity contribution in [1.82, 2.24) is 30.5 Å². The van der Waals surface area contributed by atoms with Crippen LogP contribution in [0.4, 0.5) is 18.0 Å². The van der Waals surface area contributed by atoms with Crippen LogP contribution in [0.1, 0.15) is 53.5 Å². The van der Waals surface area contributed by atoms with Crippen molar-refractivity contribution in [2.75, 3.05) is 0 Å². The number of hydrogen-bond acceptors (Lipinski definition) is 9. The minimum absolute atomic E-state index is 0.0167. The summed E-state index contributed by atoms with van der Waals surface area (Å²) in [6, 6.07) is 7.71.